The summed E-state index contributed by atoms with van der Waals surface area (Å²) in [5.41, 5.74) is 2.34. The third-order valence-corrected chi connectivity index (χ3v) is 2.38. The minimum atomic E-state index is 0.235. The Kier molecular flexibility index (Phi) is 4.43. The first kappa shape index (κ1) is 11.9. The van der Waals surface area contributed by atoms with Gasteiger partial charge in [-0.3, -0.25) is 0 Å². The molecule has 0 saturated carbocycles. The summed E-state index contributed by atoms with van der Waals surface area (Å²) in [5.74, 6) is 0. The zero-order chi connectivity index (χ0) is 11.3. The summed E-state index contributed by atoms with van der Waals surface area (Å²) < 4.78 is 5.16. The first-order chi connectivity index (χ1) is 7.13. The number of nitrogens with zero attached hydrogens (tertiary/aromatic N) is 1. The molecule has 1 atom stereocenters. The van der Waals surface area contributed by atoms with Crippen molar-refractivity contribution in [2.24, 2.45) is 0 Å². The molecule has 1 rings (SSSR count). The molecular formula is C12H20N2O. The molecule has 0 spiro atoms. The summed E-state index contributed by atoms with van der Waals surface area (Å²) in [6, 6.07) is 8.36. The van der Waals surface area contributed by atoms with Gasteiger partial charge in [0.25, 0.3) is 0 Å². The number of benzene rings is 1. The molecule has 3 nitrogen and oxygen atoms in total. The number of rotatable bonds is 5. The molecule has 0 fully saturated rings. The average Bonchev–Trinajstić information content (AvgIpc) is 2.26. The van der Waals surface area contributed by atoms with Crippen LogP contribution < -0.4 is 10.2 Å². The first-order valence-electron chi connectivity index (χ1n) is 5.17. The predicted octanol–water partition coefficient (Wildman–Crippen LogP) is 2.20. The van der Waals surface area contributed by atoms with Gasteiger partial charge in [0, 0.05) is 39.1 Å². The fourth-order valence-electron chi connectivity index (χ4n) is 1.22. The van der Waals surface area contributed by atoms with E-state index in [1.54, 1.807) is 7.11 Å². The Morgan fingerprint density at radius 1 is 1.27 bits per heavy atom. The summed E-state index contributed by atoms with van der Waals surface area (Å²) in [7, 11) is 5.80. The van der Waals surface area contributed by atoms with Gasteiger partial charge in [0.15, 0.2) is 0 Å². The van der Waals surface area contributed by atoms with Crippen LogP contribution in [-0.4, -0.2) is 33.9 Å². The van der Waals surface area contributed by atoms with E-state index in [0.29, 0.717) is 0 Å². The fourth-order valence-corrected chi connectivity index (χ4v) is 1.22. The number of methoxy groups -OCH3 is 1. The number of anilines is 2. The van der Waals surface area contributed by atoms with E-state index in [2.05, 4.69) is 34.5 Å². The molecule has 1 aromatic rings. The third kappa shape index (κ3) is 3.80. The van der Waals surface area contributed by atoms with Crippen molar-refractivity contribution in [3.63, 3.8) is 0 Å². The fraction of sp³-hybridized carbons (Fsp3) is 0.500. The molecule has 0 aliphatic rings. The molecule has 0 heterocycles. The predicted molar refractivity (Wildman–Crippen MR) is 65.7 cm³/mol. The lowest BCUT2D eigenvalue weighted by molar-refractivity contribution is 0.129. The van der Waals surface area contributed by atoms with Crippen molar-refractivity contribution < 1.29 is 4.74 Å². The van der Waals surface area contributed by atoms with Crippen LogP contribution in [0.2, 0.25) is 0 Å². The molecule has 0 saturated heterocycles. The van der Waals surface area contributed by atoms with E-state index < -0.39 is 0 Å². The smallest absolute Gasteiger partial charge is 0.0715 e. The van der Waals surface area contributed by atoms with E-state index in [9.17, 15) is 0 Å². The number of hydrogen-bond donors (Lipinski definition) is 1. The summed E-state index contributed by atoms with van der Waals surface area (Å²) in [6.07, 6.45) is 0.235. The Labute approximate surface area is 92.0 Å². The minimum absolute atomic E-state index is 0.235. The van der Waals surface area contributed by atoms with E-state index in [-0.39, 0.29) is 6.10 Å². The minimum Gasteiger partial charge on any atom is -0.382 e. The van der Waals surface area contributed by atoms with Crippen molar-refractivity contribution >= 4 is 11.4 Å². The molecule has 1 N–H and O–H groups in total. The topological polar surface area (TPSA) is 24.5 Å². The van der Waals surface area contributed by atoms with Crippen LogP contribution in [0.3, 0.4) is 0 Å². The summed E-state index contributed by atoms with van der Waals surface area (Å²) >= 11 is 0. The van der Waals surface area contributed by atoms with Gasteiger partial charge in [-0.25, -0.2) is 0 Å². The highest BCUT2D eigenvalue weighted by Crippen LogP contribution is 2.15. The Hall–Kier alpha value is -1.22. The van der Waals surface area contributed by atoms with Crippen molar-refractivity contribution in [2.75, 3.05) is 38.0 Å². The maximum atomic E-state index is 5.16. The SMILES string of the molecule is COC(C)CNc1ccc(N(C)C)cc1. The highest BCUT2D eigenvalue weighted by Gasteiger charge is 1.99. The quantitative estimate of drug-likeness (QED) is 0.803. The molecule has 84 valence electrons. The number of nitrogens with one attached hydrogen (secondary N) is 1. The number of ether oxygens (including phenoxy) is 1. The van der Waals surface area contributed by atoms with Crippen LogP contribution in [-0.2, 0) is 4.74 Å². The lowest BCUT2D eigenvalue weighted by atomic mass is 10.2. The summed E-state index contributed by atoms with van der Waals surface area (Å²) in [5, 5.41) is 3.32. The van der Waals surface area contributed by atoms with Crippen LogP contribution in [0, 0.1) is 0 Å². The zero-order valence-corrected chi connectivity index (χ0v) is 9.95. The Morgan fingerprint density at radius 3 is 2.33 bits per heavy atom. The molecule has 0 aliphatic heterocycles. The van der Waals surface area contributed by atoms with Gasteiger partial charge in [-0.05, 0) is 31.2 Å². The van der Waals surface area contributed by atoms with Gasteiger partial charge in [-0.1, -0.05) is 0 Å². The molecular weight excluding hydrogens is 188 g/mol. The van der Waals surface area contributed by atoms with Crippen molar-refractivity contribution in [1.82, 2.24) is 0 Å². The van der Waals surface area contributed by atoms with E-state index in [1.807, 2.05) is 21.0 Å². The van der Waals surface area contributed by atoms with Crippen LogP contribution in [0.5, 0.6) is 0 Å². The third-order valence-electron chi connectivity index (χ3n) is 2.38. The molecule has 3 heteroatoms. The maximum Gasteiger partial charge on any atom is 0.0715 e. The second-order valence-electron chi connectivity index (χ2n) is 3.87. The molecule has 0 aliphatic carbocycles. The Morgan fingerprint density at radius 2 is 1.87 bits per heavy atom. The lowest BCUT2D eigenvalue weighted by Gasteiger charge is -2.15. The van der Waals surface area contributed by atoms with E-state index >= 15 is 0 Å². The zero-order valence-electron chi connectivity index (χ0n) is 9.95. The van der Waals surface area contributed by atoms with Crippen LogP contribution >= 0.6 is 0 Å². The molecule has 15 heavy (non-hydrogen) atoms. The van der Waals surface area contributed by atoms with Crippen molar-refractivity contribution in [2.45, 2.75) is 13.0 Å². The van der Waals surface area contributed by atoms with Crippen molar-refractivity contribution in [3.8, 4) is 0 Å². The molecule has 0 amide bonds. The Balaban J connectivity index is 2.50. The van der Waals surface area contributed by atoms with E-state index in [1.165, 1.54) is 5.69 Å². The second kappa shape index (κ2) is 5.61. The van der Waals surface area contributed by atoms with Gasteiger partial charge in [0.2, 0.25) is 0 Å². The van der Waals surface area contributed by atoms with Gasteiger partial charge >= 0.3 is 0 Å². The largest absolute Gasteiger partial charge is 0.382 e. The normalized spacial score (nSPS) is 12.3. The lowest BCUT2D eigenvalue weighted by Crippen LogP contribution is -2.18. The van der Waals surface area contributed by atoms with Crippen LogP contribution in [0.1, 0.15) is 6.92 Å². The second-order valence-corrected chi connectivity index (χ2v) is 3.87. The highest BCUT2D eigenvalue weighted by molar-refractivity contribution is 5.54. The highest BCUT2D eigenvalue weighted by atomic mass is 16.5. The molecule has 0 bridgehead atoms. The first-order valence-corrected chi connectivity index (χ1v) is 5.17. The maximum absolute atomic E-state index is 5.16. The van der Waals surface area contributed by atoms with E-state index in [4.69, 9.17) is 4.74 Å². The van der Waals surface area contributed by atoms with Crippen molar-refractivity contribution in [3.05, 3.63) is 24.3 Å². The van der Waals surface area contributed by atoms with Crippen LogP contribution in [0.15, 0.2) is 24.3 Å². The van der Waals surface area contributed by atoms with Crippen molar-refractivity contribution in [1.29, 1.82) is 0 Å². The van der Waals surface area contributed by atoms with Gasteiger partial charge in [0.1, 0.15) is 0 Å². The van der Waals surface area contributed by atoms with Gasteiger partial charge in [-0.2, -0.15) is 0 Å². The van der Waals surface area contributed by atoms with Crippen LogP contribution in [0.4, 0.5) is 11.4 Å². The van der Waals surface area contributed by atoms with Gasteiger partial charge in [0.05, 0.1) is 6.10 Å². The summed E-state index contributed by atoms with van der Waals surface area (Å²) in [4.78, 5) is 2.08. The van der Waals surface area contributed by atoms with Crippen LogP contribution in [0.25, 0.3) is 0 Å². The molecule has 0 radical (unpaired) electrons. The standard InChI is InChI=1S/C12H20N2O/c1-10(15-4)9-13-11-5-7-12(8-6-11)14(2)3/h5-8,10,13H,9H2,1-4H3. The molecule has 0 aromatic heterocycles. The molecule has 1 unspecified atom stereocenters. The number of hydrogen-bond acceptors (Lipinski definition) is 3. The van der Waals surface area contributed by atoms with Gasteiger partial charge in [-0.15, -0.1) is 0 Å². The summed E-state index contributed by atoms with van der Waals surface area (Å²) in [6.45, 7) is 2.87. The molecule has 1 aromatic carbocycles. The Bertz CT molecular complexity index is 282. The monoisotopic (exact) mass is 208 g/mol. The van der Waals surface area contributed by atoms with Gasteiger partial charge < -0.3 is 15.0 Å². The average molecular weight is 208 g/mol. The van der Waals surface area contributed by atoms with E-state index in [0.717, 1.165) is 12.2 Å².